The molecular formula is C23H17ClN2O4S2. The van der Waals surface area contributed by atoms with E-state index in [-0.39, 0.29) is 0 Å². The molecule has 5 rings (SSSR count). The number of thiazole rings is 1. The predicted octanol–water partition coefficient (Wildman–Crippen LogP) is 0.558. The minimum atomic E-state index is -4.94. The number of hydrogen-bond donors (Lipinski definition) is 0. The van der Waals surface area contributed by atoms with E-state index in [2.05, 4.69) is 96.1 Å². The quantitative estimate of drug-likeness (QED) is 0.267. The summed E-state index contributed by atoms with van der Waals surface area (Å²) in [7, 11) is -0.743. The topological polar surface area (TPSA) is 99.4 Å². The highest BCUT2D eigenvalue weighted by atomic mass is 35.7. The number of halogens is 1. The van der Waals surface area contributed by atoms with Gasteiger partial charge in [-0.3, -0.25) is 0 Å². The number of aromatic nitrogens is 1. The zero-order valence-corrected chi connectivity index (χ0v) is 19.5. The molecule has 0 amide bonds. The molecule has 2 heterocycles. The Balaban J connectivity index is 0.000000444. The molecule has 32 heavy (non-hydrogen) atoms. The second-order valence-corrected chi connectivity index (χ2v) is 9.71. The molecule has 4 aromatic rings. The maximum absolute atomic E-state index is 8.49. The molecule has 0 fully saturated rings. The third kappa shape index (κ3) is 4.90. The van der Waals surface area contributed by atoms with Gasteiger partial charge < -0.3 is 4.90 Å². The third-order valence-corrected chi connectivity index (χ3v) is 7.14. The monoisotopic (exact) mass is 484 g/mol. The van der Waals surface area contributed by atoms with Crippen LogP contribution in [0.3, 0.4) is 0 Å². The van der Waals surface area contributed by atoms with E-state index in [1.54, 1.807) is 23.1 Å². The molecule has 0 atom stereocenters. The Morgan fingerprint density at radius 3 is 2.41 bits per heavy atom. The van der Waals surface area contributed by atoms with Crippen LogP contribution in [-0.4, -0.2) is 7.05 Å². The van der Waals surface area contributed by atoms with Crippen molar-refractivity contribution >= 4 is 49.8 Å². The first-order chi connectivity index (χ1) is 15.2. The number of aryl methyl sites for hydroxylation is 1. The van der Waals surface area contributed by atoms with Gasteiger partial charge in [-0.1, -0.05) is 71.5 Å². The molecule has 1 aromatic heterocycles. The van der Waals surface area contributed by atoms with Crippen molar-refractivity contribution in [2.75, 3.05) is 11.9 Å². The van der Waals surface area contributed by atoms with Crippen LogP contribution in [0.15, 0.2) is 76.7 Å². The van der Waals surface area contributed by atoms with Crippen LogP contribution < -0.4 is 28.1 Å². The fraction of sp³-hybridized carbons (Fsp3) is 0.0870. The highest BCUT2D eigenvalue weighted by Gasteiger charge is 2.23. The zero-order chi connectivity index (χ0) is 22.9. The van der Waals surface area contributed by atoms with Gasteiger partial charge in [0.1, 0.15) is 11.7 Å². The van der Waals surface area contributed by atoms with Crippen LogP contribution in [0.4, 0.5) is 5.69 Å². The summed E-state index contributed by atoms with van der Waals surface area (Å²) in [6.07, 6.45) is 2.03. The van der Waals surface area contributed by atoms with Crippen molar-refractivity contribution in [1.82, 2.24) is 0 Å². The van der Waals surface area contributed by atoms with Crippen molar-refractivity contribution in [1.29, 1.82) is 0 Å². The highest BCUT2D eigenvalue weighted by Crippen LogP contribution is 2.48. The lowest BCUT2D eigenvalue weighted by Gasteiger charge is -2.17. The number of benzene rings is 3. The predicted molar refractivity (Wildman–Crippen MR) is 116 cm³/mol. The summed E-state index contributed by atoms with van der Waals surface area (Å²) in [4.78, 5) is 3.54. The van der Waals surface area contributed by atoms with E-state index in [0.717, 1.165) is 10.0 Å². The van der Waals surface area contributed by atoms with Crippen LogP contribution >= 0.6 is 23.1 Å². The van der Waals surface area contributed by atoms with E-state index < -0.39 is 10.2 Å². The molecule has 3 aromatic carbocycles. The van der Waals surface area contributed by atoms with Crippen molar-refractivity contribution in [3.8, 4) is 11.8 Å². The van der Waals surface area contributed by atoms with Crippen LogP contribution in [0, 0.1) is 22.1 Å². The second kappa shape index (κ2) is 9.10. The van der Waals surface area contributed by atoms with Crippen LogP contribution in [0.1, 0.15) is 5.01 Å². The number of allylic oxidation sites excluding steroid dienone is 1. The largest absolute Gasteiger partial charge is 0.337 e. The van der Waals surface area contributed by atoms with E-state index in [1.165, 1.54) is 31.6 Å². The van der Waals surface area contributed by atoms with Crippen LogP contribution in [0.25, 0.3) is 21.0 Å². The lowest BCUT2D eigenvalue weighted by atomic mass is 10.1. The van der Waals surface area contributed by atoms with E-state index in [0.29, 0.717) is 0 Å². The smallest absolute Gasteiger partial charge is 0.315 e. The normalized spacial score (nSPS) is 14.2. The Bertz CT molecular complexity index is 1390. The van der Waals surface area contributed by atoms with Crippen molar-refractivity contribution in [3.05, 3.63) is 76.8 Å². The Hall–Kier alpha value is -2.61. The molecule has 0 saturated heterocycles. The SMILES string of the molecule is CN1C(=CC#Cc2sc3ccccc3[n+]2C)Sc2ccc3ccccc3c21.[O-][Cl+3]([O-])([O-])[O-]. The zero-order valence-electron chi connectivity index (χ0n) is 17.1. The average Bonchev–Trinajstić information content (AvgIpc) is 3.24. The molecule has 0 aliphatic carbocycles. The third-order valence-electron chi connectivity index (χ3n) is 4.86. The summed E-state index contributed by atoms with van der Waals surface area (Å²) in [5.74, 6) is 6.60. The summed E-state index contributed by atoms with van der Waals surface area (Å²) in [5, 5.41) is 4.80. The molecule has 0 bridgehead atoms. The lowest BCUT2D eigenvalue weighted by molar-refractivity contribution is -2.00. The molecule has 0 saturated carbocycles. The van der Waals surface area contributed by atoms with Crippen LogP contribution in [-0.2, 0) is 7.05 Å². The van der Waals surface area contributed by atoms with Gasteiger partial charge in [-0.25, -0.2) is 18.6 Å². The number of thioether (sulfide) groups is 1. The van der Waals surface area contributed by atoms with Gasteiger partial charge in [0.25, 0.3) is 0 Å². The standard InChI is InChI=1S/C23H17N2S2.ClHO4/c1-24-18-10-5-6-11-19(18)26-21(24)12-7-13-22-25(2)23-17-9-4-3-8-16(17)14-15-20(23)27-22;2-1(3,4)5/h3-6,8-11,13-15H,1-2H3;(H,2,3,4,5)/q+1;/p-1. The molecule has 1 aliphatic heterocycles. The van der Waals surface area contributed by atoms with Crippen molar-refractivity contribution in [3.63, 3.8) is 0 Å². The number of anilines is 1. The van der Waals surface area contributed by atoms with E-state index in [4.69, 9.17) is 18.6 Å². The summed E-state index contributed by atoms with van der Waals surface area (Å²) < 4.78 is 37.4. The van der Waals surface area contributed by atoms with Crippen molar-refractivity contribution in [2.24, 2.45) is 7.05 Å². The Morgan fingerprint density at radius 1 is 0.969 bits per heavy atom. The number of hydrogen-bond acceptors (Lipinski definition) is 7. The highest BCUT2D eigenvalue weighted by molar-refractivity contribution is 8.03. The average molecular weight is 485 g/mol. The fourth-order valence-electron chi connectivity index (χ4n) is 3.45. The Morgan fingerprint density at radius 2 is 1.66 bits per heavy atom. The van der Waals surface area contributed by atoms with E-state index >= 15 is 0 Å². The number of fused-ring (bicyclic) bond motifs is 4. The van der Waals surface area contributed by atoms with Crippen molar-refractivity contribution in [2.45, 2.75) is 4.90 Å². The van der Waals surface area contributed by atoms with Gasteiger partial charge in [-0.05, 0) is 17.5 Å². The summed E-state index contributed by atoms with van der Waals surface area (Å²) in [6, 6.07) is 21.4. The Labute approximate surface area is 195 Å². The minimum absolute atomic E-state index is 1.07. The second-order valence-electron chi connectivity index (χ2n) is 6.86. The lowest BCUT2D eigenvalue weighted by Crippen LogP contribution is -2.68. The molecule has 0 unspecified atom stereocenters. The summed E-state index contributed by atoms with van der Waals surface area (Å²) in [6.45, 7) is 0. The summed E-state index contributed by atoms with van der Waals surface area (Å²) in [5.41, 5.74) is 2.50. The number of nitrogens with zero attached hydrogens (tertiary/aromatic N) is 2. The van der Waals surface area contributed by atoms with Gasteiger partial charge >= 0.3 is 5.01 Å². The maximum atomic E-state index is 8.49. The van der Waals surface area contributed by atoms with Gasteiger partial charge in [-0.15, -0.1) is 10.2 Å². The molecule has 0 N–H and O–H groups in total. The van der Waals surface area contributed by atoms with Gasteiger partial charge in [0.05, 0.1) is 10.7 Å². The molecule has 6 nitrogen and oxygen atoms in total. The first kappa shape index (κ1) is 22.6. The Kier molecular flexibility index (Phi) is 6.42. The molecular weight excluding hydrogens is 468 g/mol. The van der Waals surface area contributed by atoms with Gasteiger partial charge in [-0.2, -0.15) is 4.57 Å². The first-order valence-electron chi connectivity index (χ1n) is 9.37. The molecule has 0 radical (unpaired) electrons. The number of para-hydroxylation sites is 1. The minimum Gasteiger partial charge on any atom is -0.337 e. The molecule has 1 aliphatic rings. The molecule has 0 spiro atoms. The van der Waals surface area contributed by atoms with Gasteiger partial charge in [0.2, 0.25) is 5.52 Å². The van der Waals surface area contributed by atoms with E-state index in [1.807, 2.05) is 6.08 Å². The van der Waals surface area contributed by atoms with Crippen molar-refractivity contribution < 1.29 is 33.4 Å². The first-order valence-corrected chi connectivity index (χ1v) is 12.2. The number of rotatable bonds is 0. The summed E-state index contributed by atoms with van der Waals surface area (Å²) >= 11 is 3.52. The fourth-order valence-corrected chi connectivity index (χ4v) is 5.51. The van der Waals surface area contributed by atoms with Crippen LogP contribution in [0.5, 0.6) is 0 Å². The van der Waals surface area contributed by atoms with E-state index in [9.17, 15) is 0 Å². The maximum Gasteiger partial charge on any atom is 0.315 e. The molecule has 162 valence electrons. The van der Waals surface area contributed by atoms with Gasteiger partial charge in [0.15, 0.2) is 0 Å². The van der Waals surface area contributed by atoms with Crippen LogP contribution in [0.2, 0.25) is 0 Å². The van der Waals surface area contributed by atoms with Gasteiger partial charge in [0, 0.05) is 35.4 Å². The molecule has 9 heteroatoms.